The molecule has 0 radical (unpaired) electrons. The zero-order valence-electron chi connectivity index (χ0n) is 19.6. The van der Waals surface area contributed by atoms with E-state index in [0.29, 0.717) is 44.3 Å². The number of hydrogen-bond acceptors (Lipinski definition) is 8. The Morgan fingerprint density at radius 3 is 2.34 bits per heavy atom. The summed E-state index contributed by atoms with van der Waals surface area (Å²) >= 11 is 4.02. The minimum Gasteiger partial charge on any atom is -0.508 e. The maximum Gasteiger partial charge on any atom is 0.326 e. The zero-order valence-corrected chi connectivity index (χ0v) is 20.5. The highest BCUT2D eigenvalue weighted by molar-refractivity contribution is 7.80. The van der Waals surface area contributed by atoms with Crippen LogP contribution in [0.15, 0.2) is 24.3 Å². The molecule has 35 heavy (non-hydrogen) atoms. The number of benzene rings is 1. The van der Waals surface area contributed by atoms with Gasteiger partial charge in [-0.3, -0.25) is 14.4 Å². The van der Waals surface area contributed by atoms with E-state index >= 15 is 0 Å². The van der Waals surface area contributed by atoms with Gasteiger partial charge in [0.05, 0.1) is 6.04 Å². The van der Waals surface area contributed by atoms with E-state index in [1.165, 1.54) is 17.0 Å². The van der Waals surface area contributed by atoms with Gasteiger partial charge < -0.3 is 37.2 Å². The first-order valence-electron chi connectivity index (χ1n) is 11.7. The highest BCUT2D eigenvalue weighted by Gasteiger charge is 2.38. The first-order valence-corrected chi connectivity index (χ1v) is 12.3. The van der Waals surface area contributed by atoms with Crippen LogP contribution in [0.4, 0.5) is 0 Å². The molecule has 0 bridgehead atoms. The van der Waals surface area contributed by atoms with Crippen molar-refractivity contribution >= 4 is 36.3 Å². The Labute approximate surface area is 210 Å². The second-order valence-corrected chi connectivity index (χ2v) is 8.96. The lowest BCUT2D eigenvalue weighted by molar-refractivity contribution is -0.149. The van der Waals surface area contributed by atoms with E-state index in [4.69, 9.17) is 11.5 Å². The van der Waals surface area contributed by atoms with Crippen LogP contribution in [0, 0.1) is 0 Å². The predicted octanol–water partition coefficient (Wildman–Crippen LogP) is -0.634. The Kier molecular flexibility index (Phi) is 11.3. The van der Waals surface area contributed by atoms with Crippen LogP contribution in [0.5, 0.6) is 5.75 Å². The summed E-state index contributed by atoms with van der Waals surface area (Å²) in [6.45, 7) is 0.709. The zero-order chi connectivity index (χ0) is 26.0. The SMILES string of the molecule is NCCCCC(NC(=O)C(Cc1ccc(O)cc1)NC(=O)C(N)CS)C(=O)N1CCCC1C(=O)O. The van der Waals surface area contributed by atoms with Crippen molar-refractivity contribution in [3.63, 3.8) is 0 Å². The molecule has 8 N–H and O–H groups in total. The van der Waals surface area contributed by atoms with Crippen molar-refractivity contribution in [1.29, 1.82) is 0 Å². The van der Waals surface area contributed by atoms with Crippen molar-refractivity contribution in [2.75, 3.05) is 18.8 Å². The van der Waals surface area contributed by atoms with Crippen LogP contribution in [-0.4, -0.2) is 81.8 Å². The molecule has 2 rings (SSSR count). The van der Waals surface area contributed by atoms with Crippen molar-refractivity contribution in [2.24, 2.45) is 11.5 Å². The number of likely N-dealkylation sites (tertiary alicyclic amines) is 1. The van der Waals surface area contributed by atoms with Gasteiger partial charge in [0.2, 0.25) is 17.7 Å². The number of carbonyl (C=O) groups excluding carboxylic acids is 3. The van der Waals surface area contributed by atoms with E-state index < -0.39 is 47.9 Å². The summed E-state index contributed by atoms with van der Waals surface area (Å²) in [5.74, 6) is -2.60. The highest BCUT2D eigenvalue weighted by atomic mass is 32.1. The van der Waals surface area contributed by atoms with Gasteiger partial charge in [-0.15, -0.1) is 0 Å². The van der Waals surface area contributed by atoms with Gasteiger partial charge in [-0.1, -0.05) is 12.1 Å². The Morgan fingerprint density at radius 2 is 1.74 bits per heavy atom. The van der Waals surface area contributed by atoms with E-state index in [9.17, 15) is 29.4 Å². The van der Waals surface area contributed by atoms with Gasteiger partial charge in [0.25, 0.3) is 0 Å². The second kappa shape index (κ2) is 13.9. The lowest BCUT2D eigenvalue weighted by Crippen LogP contribution is -2.57. The van der Waals surface area contributed by atoms with Crippen LogP contribution < -0.4 is 22.1 Å². The Balaban J connectivity index is 2.23. The fourth-order valence-corrected chi connectivity index (χ4v) is 4.11. The Hall–Kier alpha value is -2.83. The third kappa shape index (κ3) is 8.41. The molecule has 1 fully saturated rings. The summed E-state index contributed by atoms with van der Waals surface area (Å²) in [5, 5.41) is 24.3. The largest absolute Gasteiger partial charge is 0.508 e. The predicted molar refractivity (Wildman–Crippen MR) is 133 cm³/mol. The molecule has 0 saturated carbocycles. The molecule has 3 amide bonds. The number of phenolic OH excluding ortho intramolecular Hbond substituents is 1. The van der Waals surface area contributed by atoms with Gasteiger partial charge in [-0.05, 0) is 56.3 Å². The number of aliphatic carboxylic acids is 1. The van der Waals surface area contributed by atoms with Gasteiger partial charge in [-0.25, -0.2) is 4.79 Å². The third-order valence-electron chi connectivity index (χ3n) is 5.93. The number of amides is 3. The number of nitrogens with two attached hydrogens (primary N) is 2. The number of rotatable bonds is 13. The van der Waals surface area contributed by atoms with E-state index in [0.717, 1.165) is 0 Å². The second-order valence-electron chi connectivity index (χ2n) is 8.59. The number of nitrogens with one attached hydrogen (secondary N) is 2. The van der Waals surface area contributed by atoms with Gasteiger partial charge >= 0.3 is 5.97 Å². The quantitative estimate of drug-likeness (QED) is 0.135. The number of nitrogens with zero attached hydrogens (tertiary/aromatic N) is 1. The highest BCUT2D eigenvalue weighted by Crippen LogP contribution is 2.20. The van der Waals surface area contributed by atoms with Crippen LogP contribution in [0.3, 0.4) is 0 Å². The average Bonchev–Trinajstić information content (AvgIpc) is 3.33. The number of phenols is 1. The molecule has 1 aromatic rings. The van der Waals surface area contributed by atoms with Crippen molar-refractivity contribution in [3.8, 4) is 5.75 Å². The number of hydrogen-bond donors (Lipinski definition) is 7. The molecular weight excluding hydrogens is 474 g/mol. The smallest absolute Gasteiger partial charge is 0.326 e. The molecule has 1 aliphatic heterocycles. The molecule has 1 heterocycles. The molecule has 4 unspecified atom stereocenters. The van der Waals surface area contributed by atoms with Crippen LogP contribution in [-0.2, 0) is 25.6 Å². The molecule has 1 saturated heterocycles. The molecule has 11 nitrogen and oxygen atoms in total. The van der Waals surface area contributed by atoms with E-state index in [1.54, 1.807) is 12.1 Å². The number of carboxylic acids is 1. The molecule has 194 valence electrons. The first kappa shape index (κ1) is 28.4. The number of thiol groups is 1. The Morgan fingerprint density at radius 1 is 1.09 bits per heavy atom. The summed E-state index contributed by atoms with van der Waals surface area (Å²) in [6.07, 6.45) is 2.47. The van der Waals surface area contributed by atoms with Crippen molar-refractivity contribution in [1.82, 2.24) is 15.5 Å². The van der Waals surface area contributed by atoms with Crippen molar-refractivity contribution < 1.29 is 29.4 Å². The standard InChI is InChI=1S/C23H35N5O6S/c24-10-2-1-4-17(22(32)28-11-3-5-19(28)23(33)34)26-21(31)18(27-20(30)16(25)13-35)12-14-6-8-15(29)9-7-14/h6-9,16-19,29,35H,1-5,10-13,24-25H2,(H,26,31)(H,27,30)(H,33,34). The van der Waals surface area contributed by atoms with Crippen LogP contribution in [0.25, 0.3) is 0 Å². The van der Waals surface area contributed by atoms with Crippen molar-refractivity contribution in [2.45, 2.75) is 62.7 Å². The maximum absolute atomic E-state index is 13.3. The molecule has 1 aromatic carbocycles. The molecule has 0 spiro atoms. The fourth-order valence-electron chi connectivity index (χ4n) is 3.95. The topological polar surface area (TPSA) is 188 Å². The minimum absolute atomic E-state index is 0.0556. The number of carbonyl (C=O) groups is 4. The molecular formula is C23H35N5O6S. The minimum atomic E-state index is -1.08. The van der Waals surface area contributed by atoms with Gasteiger partial charge in [0.1, 0.15) is 23.9 Å². The van der Waals surface area contributed by atoms with E-state index in [2.05, 4.69) is 23.3 Å². The number of carboxylic acid groups (broad SMARTS) is 1. The maximum atomic E-state index is 13.3. The third-order valence-corrected chi connectivity index (χ3v) is 6.32. The normalized spacial score (nSPS) is 17.9. The van der Waals surface area contributed by atoms with Gasteiger partial charge in [0.15, 0.2) is 0 Å². The molecule has 0 aliphatic carbocycles. The van der Waals surface area contributed by atoms with Gasteiger partial charge in [-0.2, -0.15) is 12.6 Å². The average molecular weight is 510 g/mol. The first-order chi connectivity index (χ1) is 16.7. The van der Waals surface area contributed by atoms with E-state index in [-0.39, 0.29) is 24.3 Å². The van der Waals surface area contributed by atoms with Crippen LogP contribution in [0.2, 0.25) is 0 Å². The molecule has 0 aromatic heterocycles. The fraction of sp³-hybridized carbons (Fsp3) is 0.565. The van der Waals surface area contributed by atoms with Gasteiger partial charge in [0, 0.05) is 18.7 Å². The molecule has 1 aliphatic rings. The summed E-state index contributed by atoms with van der Waals surface area (Å²) in [7, 11) is 0. The number of aromatic hydroxyl groups is 1. The lowest BCUT2D eigenvalue weighted by atomic mass is 10.0. The summed E-state index contributed by atoms with van der Waals surface area (Å²) in [4.78, 5) is 51.9. The summed E-state index contributed by atoms with van der Waals surface area (Å²) in [6, 6.07) is 2.27. The number of unbranched alkanes of at least 4 members (excludes halogenated alkanes) is 1. The Bertz CT molecular complexity index is 884. The van der Waals surface area contributed by atoms with E-state index in [1.807, 2.05) is 0 Å². The van der Waals surface area contributed by atoms with Crippen LogP contribution >= 0.6 is 12.6 Å². The van der Waals surface area contributed by atoms with Crippen molar-refractivity contribution in [3.05, 3.63) is 29.8 Å². The molecule has 12 heteroatoms. The monoisotopic (exact) mass is 509 g/mol. The summed E-state index contributed by atoms with van der Waals surface area (Å²) in [5.41, 5.74) is 12.0. The summed E-state index contributed by atoms with van der Waals surface area (Å²) < 4.78 is 0. The lowest BCUT2D eigenvalue weighted by Gasteiger charge is -2.29. The molecule has 4 atom stereocenters. The van der Waals surface area contributed by atoms with Crippen LogP contribution in [0.1, 0.15) is 37.7 Å².